The van der Waals surface area contributed by atoms with Gasteiger partial charge in [0.1, 0.15) is 5.75 Å². The van der Waals surface area contributed by atoms with Crippen LogP contribution < -0.4 is 4.74 Å². The number of rotatable bonds is 5. The van der Waals surface area contributed by atoms with Gasteiger partial charge in [0.05, 0.1) is 5.92 Å². The van der Waals surface area contributed by atoms with Crippen LogP contribution in [0, 0.1) is 12.8 Å². The lowest BCUT2D eigenvalue weighted by atomic mass is 10.0. The zero-order valence-corrected chi connectivity index (χ0v) is 15.1. The molecule has 1 aromatic carbocycles. The van der Waals surface area contributed by atoms with Gasteiger partial charge in [0.2, 0.25) is 0 Å². The number of carbonyl (C=O) groups is 2. The van der Waals surface area contributed by atoms with Gasteiger partial charge in [0.25, 0.3) is 5.91 Å². The molecule has 132 valence electrons. The van der Waals surface area contributed by atoms with E-state index in [1.165, 1.54) is 0 Å². The van der Waals surface area contributed by atoms with E-state index in [-0.39, 0.29) is 11.9 Å². The Balaban J connectivity index is 2.10. The number of aliphatic carboxylic acids is 1. The molecule has 0 bridgehead atoms. The first-order chi connectivity index (χ1) is 11.2. The first-order valence-corrected chi connectivity index (χ1v) is 8.52. The summed E-state index contributed by atoms with van der Waals surface area (Å²) in [4.78, 5) is 25.5. The van der Waals surface area contributed by atoms with Gasteiger partial charge in [-0.15, -0.1) is 0 Å². The van der Waals surface area contributed by atoms with Crippen LogP contribution in [0.25, 0.3) is 0 Å². The lowest BCUT2D eigenvalue weighted by molar-refractivity contribution is -0.144. The lowest BCUT2D eigenvalue weighted by Gasteiger charge is -2.27. The largest absolute Gasteiger partial charge is 0.481 e. The number of benzene rings is 1. The van der Waals surface area contributed by atoms with Crippen molar-refractivity contribution in [3.63, 3.8) is 0 Å². The number of hydrogen-bond donors (Lipinski definition) is 1. The normalized spacial score (nSPS) is 21.8. The lowest BCUT2D eigenvalue weighted by Crippen LogP contribution is -2.44. The van der Waals surface area contributed by atoms with Crippen LogP contribution in [0.1, 0.15) is 51.2 Å². The third-order valence-corrected chi connectivity index (χ3v) is 4.89. The summed E-state index contributed by atoms with van der Waals surface area (Å²) >= 11 is 0. The molecule has 0 aromatic heterocycles. The summed E-state index contributed by atoms with van der Waals surface area (Å²) in [6, 6.07) is 5.75. The number of nitrogens with zero attached hydrogens (tertiary/aromatic N) is 1. The second kappa shape index (κ2) is 7.24. The molecule has 5 heteroatoms. The Morgan fingerprint density at radius 1 is 1.29 bits per heavy atom. The Hall–Kier alpha value is -2.04. The zero-order valence-electron chi connectivity index (χ0n) is 15.1. The summed E-state index contributed by atoms with van der Waals surface area (Å²) in [5.74, 6) is -0.392. The fourth-order valence-electron chi connectivity index (χ4n) is 3.16. The van der Waals surface area contributed by atoms with Gasteiger partial charge in [-0.25, -0.2) is 0 Å². The predicted molar refractivity (Wildman–Crippen MR) is 92.3 cm³/mol. The van der Waals surface area contributed by atoms with Gasteiger partial charge < -0.3 is 14.7 Å². The van der Waals surface area contributed by atoms with Crippen molar-refractivity contribution in [1.29, 1.82) is 0 Å². The molecule has 24 heavy (non-hydrogen) atoms. The number of carboxylic acid groups (broad SMARTS) is 1. The van der Waals surface area contributed by atoms with Crippen molar-refractivity contribution in [3.8, 4) is 5.75 Å². The molecule has 1 heterocycles. The van der Waals surface area contributed by atoms with Crippen molar-refractivity contribution in [2.45, 2.75) is 59.1 Å². The van der Waals surface area contributed by atoms with Crippen LogP contribution in [0.5, 0.6) is 5.75 Å². The quantitative estimate of drug-likeness (QED) is 0.898. The summed E-state index contributed by atoms with van der Waals surface area (Å²) < 4.78 is 5.92. The molecular formula is C19H27NO4. The smallest absolute Gasteiger partial charge is 0.308 e. The van der Waals surface area contributed by atoms with Crippen LogP contribution >= 0.6 is 0 Å². The van der Waals surface area contributed by atoms with Gasteiger partial charge in [0, 0.05) is 12.6 Å². The Bertz CT molecular complexity index is 626. The fourth-order valence-corrected chi connectivity index (χ4v) is 3.16. The number of amides is 1. The molecule has 3 unspecified atom stereocenters. The Morgan fingerprint density at radius 3 is 2.50 bits per heavy atom. The highest BCUT2D eigenvalue weighted by atomic mass is 16.5. The van der Waals surface area contributed by atoms with E-state index in [0.29, 0.717) is 24.6 Å². The minimum Gasteiger partial charge on any atom is -0.481 e. The molecule has 1 amide bonds. The zero-order chi connectivity index (χ0) is 18.0. The maximum absolute atomic E-state index is 12.7. The van der Waals surface area contributed by atoms with Crippen LogP contribution in [0.2, 0.25) is 0 Å². The third kappa shape index (κ3) is 3.71. The van der Waals surface area contributed by atoms with Crippen LogP contribution in [-0.2, 0) is 9.59 Å². The number of ether oxygens (including phenoxy) is 1. The molecule has 1 saturated heterocycles. The molecule has 0 saturated carbocycles. The van der Waals surface area contributed by atoms with Crippen LogP contribution in [0.3, 0.4) is 0 Å². The van der Waals surface area contributed by atoms with E-state index < -0.39 is 18.0 Å². The number of likely N-dealkylation sites (tertiary alicyclic amines) is 1. The second-order valence-corrected chi connectivity index (χ2v) is 6.95. The van der Waals surface area contributed by atoms with Gasteiger partial charge in [-0.1, -0.05) is 26.0 Å². The third-order valence-electron chi connectivity index (χ3n) is 4.89. The first-order valence-electron chi connectivity index (χ1n) is 8.52. The van der Waals surface area contributed by atoms with Crippen LogP contribution in [0.15, 0.2) is 18.2 Å². The summed E-state index contributed by atoms with van der Waals surface area (Å²) in [6.07, 6.45) is -0.141. The molecule has 1 N–H and O–H groups in total. The van der Waals surface area contributed by atoms with Crippen molar-refractivity contribution in [3.05, 3.63) is 29.3 Å². The Kier molecular flexibility index (Phi) is 5.52. The van der Waals surface area contributed by atoms with Gasteiger partial charge >= 0.3 is 5.97 Å². The Labute approximate surface area is 143 Å². The maximum Gasteiger partial charge on any atom is 0.308 e. The monoisotopic (exact) mass is 333 g/mol. The SMILES string of the molecule is Cc1ccc(C(C)C)cc1OC(C)C(=O)N1CCC(C(=O)O)C1C. The van der Waals surface area contributed by atoms with E-state index in [0.717, 1.165) is 11.1 Å². The van der Waals surface area contributed by atoms with Crippen molar-refractivity contribution < 1.29 is 19.4 Å². The van der Waals surface area contributed by atoms with E-state index in [9.17, 15) is 14.7 Å². The van der Waals surface area contributed by atoms with E-state index >= 15 is 0 Å². The minimum absolute atomic E-state index is 0.152. The summed E-state index contributed by atoms with van der Waals surface area (Å²) in [7, 11) is 0. The molecule has 2 rings (SSSR count). The molecular weight excluding hydrogens is 306 g/mol. The van der Waals surface area contributed by atoms with Gasteiger partial charge in [0.15, 0.2) is 6.10 Å². The number of aryl methyl sites for hydroxylation is 1. The average molecular weight is 333 g/mol. The topological polar surface area (TPSA) is 66.8 Å². The molecule has 0 spiro atoms. The summed E-state index contributed by atoms with van der Waals surface area (Å²) in [5, 5.41) is 9.21. The highest BCUT2D eigenvalue weighted by Crippen LogP contribution is 2.28. The van der Waals surface area contributed by atoms with Crippen molar-refractivity contribution in [1.82, 2.24) is 4.90 Å². The first kappa shape index (κ1) is 18.3. The number of carbonyl (C=O) groups excluding carboxylic acids is 1. The van der Waals surface area contributed by atoms with Crippen LogP contribution in [0.4, 0.5) is 0 Å². The molecule has 0 radical (unpaired) electrons. The molecule has 1 aliphatic heterocycles. The Morgan fingerprint density at radius 2 is 1.96 bits per heavy atom. The van der Waals surface area contributed by atoms with Gasteiger partial charge in [-0.2, -0.15) is 0 Å². The van der Waals surface area contributed by atoms with E-state index in [2.05, 4.69) is 19.9 Å². The molecule has 3 atom stereocenters. The number of hydrogen-bond acceptors (Lipinski definition) is 3. The molecule has 1 aromatic rings. The molecule has 1 fully saturated rings. The van der Waals surface area contributed by atoms with Crippen molar-refractivity contribution >= 4 is 11.9 Å². The van der Waals surface area contributed by atoms with E-state index in [1.54, 1.807) is 18.7 Å². The second-order valence-electron chi connectivity index (χ2n) is 6.95. The van der Waals surface area contributed by atoms with Crippen molar-refractivity contribution in [2.24, 2.45) is 5.92 Å². The standard InChI is InChI=1S/C19H27NO4/c1-11(2)15-7-6-12(3)17(10-15)24-14(5)18(21)20-9-8-16(13(20)4)19(22)23/h6-7,10-11,13-14,16H,8-9H2,1-5H3,(H,22,23). The van der Waals surface area contributed by atoms with E-state index in [1.807, 2.05) is 19.1 Å². The van der Waals surface area contributed by atoms with Crippen LogP contribution in [-0.4, -0.2) is 40.6 Å². The van der Waals surface area contributed by atoms with Gasteiger partial charge in [-0.05, 0) is 50.3 Å². The van der Waals surface area contributed by atoms with Gasteiger partial charge in [-0.3, -0.25) is 9.59 Å². The summed E-state index contributed by atoms with van der Waals surface area (Å²) in [6.45, 7) is 10.2. The molecule has 5 nitrogen and oxygen atoms in total. The summed E-state index contributed by atoms with van der Waals surface area (Å²) in [5.41, 5.74) is 2.15. The average Bonchev–Trinajstić information content (AvgIpc) is 2.90. The fraction of sp³-hybridized carbons (Fsp3) is 0.579. The predicted octanol–water partition coefficient (Wildman–Crippen LogP) is 3.21. The highest BCUT2D eigenvalue weighted by Gasteiger charge is 2.39. The highest BCUT2D eigenvalue weighted by molar-refractivity contribution is 5.83. The molecule has 0 aliphatic carbocycles. The molecule has 1 aliphatic rings. The maximum atomic E-state index is 12.7. The van der Waals surface area contributed by atoms with E-state index in [4.69, 9.17) is 4.74 Å². The van der Waals surface area contributed by atoms with Crippen molar-refractivity contribution in [2.75, 3.05) is 6.54 Å². The minimum atomic E-state index is -0.841. The number of carboxylic acids is 1.